The van der Waals surface area contributed by atoms with Crippen LogP contribution in [0.4, 0.5) is 5.82 Å². The van der Waals surface area contributed by atoms with Gasteiger partial charge in [-0.1, -0.05) is 6.07 Å². The van der Waals surface area contributed by atoms with Crippen LogP contribution in [-0.4, -0.2) is 19.2 Å². The lowest BCUT2D eigenvalue weighted by molar-refractivity contribution is 0.602. The molecule has 1 aromatic rings. The van der Waals surface area contributed by atoms with Gasteiger partial charge in [-0.15, -0.1) is 0 Å². The van der Waals surface area contributed by atoms with E-state index in [9.17, 15) is 8.42 Å². The van der Waals surface area contributed by atoms with Crippen LogP contribution in [0.3, 0.4) is 0 Å². The summed E-state index contributed by atoms with van der Waals surface area (Å²) in [6.45, 7) is 1.96. The van der Waals surface area contributed by atoms with Crippen LogP contribution in [0, 0.1) is 0 Å². The molecule has 0 saturated carbocycles. The van der Waals surface area contributed by atoms with E-state index in [2.05, 4.69) is 9.71 Å². The number of nitrogens with two attached hydrogens (primary N) is 1. The standard InChI is InChI=1S/C8H13N3O2S/c1-2-14(12,13)11-8-4-3-7(5-9)6-10-8/h3-4,6H,2,5,9H2,1H3,(H,10,11). The van der Waals surface area contributed by atoms with Crippen molar-refractivity contribution in [1.82, 2.24) is 4.98 Å². The molecule has 1 rings (SSSR count). The molecule has 0 aliphatic heterocycles. The SMILES string of the molecule is CCS(=O)(=O)Nc1ccc(CN)cn1. The van der Waals surface area contributed by atoms with E-state index in [1.165, 1.54) is 0 Å². The zero-order valence-corrected chi connectivity index (χ0v) is 8.71. The maximum absolute atomic E-state index is 11.1. The molecule has 1 aromatic heterocycles. The van der Waals surface area contributed by atoms with Crippen molar-refractivity contribution >= 4 is 15.8 Å². The molecule has 0 radical (unpaired) electrons. The van der Waals surface area contributed by atoms with Crippen LogP contribution in [0.15, 0.2) is 18.3 Å². The van der Waals surface area contributed by atoms with Gasteiger partial charge in [-0.05, 0) is 18.6 Å². The van der Waals surface area contributed by atoms with Crippen LogP contribution in [0.5, 0.6) is 0 Å². The Morgan fingerprint density at radius 2 is 2.21 bits per heavy atom. The third-order valence-electron chi connectivity index (χ3n) is 1.70. The molecule has 0 aromatic carbocycles. The van der Waals surface area contributed by atoms with Crippen molar-refractivity contribution in [3.63, 3.8) is 0 Å². The molecule has 0 bridgehead atoms. The fraction of sp³-hybridized carbons (Fsp3) is 0.375. The lowest BCUT2D eigenvalue weighted by atomic mass is 10.3. The van der Waals surface area contributed by atoms with Crippen molar-refractivity contribution in [2.75, 3.05) is 10.5 Å². The van der Waals surface area contributed by atoms with Crippen LogP contribution < -0.4 is 10.5 Å². The fourth-order valence-corrected chi connectivity index (χ4v) is 1.42. The first-order chi connectivity index (χ1) is 6.57. The second kappa shape index (κ2) is 4.39. The van der Waals surface area contributed by atoms with Crippen molar-refractivity contribution < 1.29 is 8.42 Å². The highest BCUT2D eigenvalue weighted by molar-refractivity contribution is 7.92. The second-order valence-corrected chi connectivity index (χ2v) is 4.77. The Morgan fingerprint density at radius 3 is 2.64 bits per heavy atom. The molecule has 0 fully saturated rings. The number of nitrogens with one attached hydrogen (secondary N) is 1. The van der Waals surface area contributed by atoms with Gasteiger partial charge < -0.3 is 5.73 Å². The van der Waals surface area contributed by atoms with E-state index in [-0.39, 0.29) is 5.75 Å². The van der Waals surface area contributed by atoms with E-state index in [1.54, 1.807) is 25.3 Å². The van der Waals surface area contributed by atoms with Gasteiger partial charge in [0.05, 0.1) is 5.75 Å². The van der Waals surface area contributed by atoms with E-state index in [0.29, 0.717) is 12.4 Å². The summed E-state index contributed by atoms with van der Waals surface area (Å²) in [7, 11) is -3.24. The van der Waals surface area contributed by atoms with Crippen LogP contribution in [-0.2, 0) is 16.6 Å². The molecule has 1 heterocycles. The van der Waals surface area contributed by atoms with Gasteiger partial charge in [0.2, 0.25) is 10.0 Å². The molecule has 78 valence electrons. The average molecular weight is 215 g/mol. The third kappa shape index (κ3) is 2.97. The molecule has 0 aliphatic rings. The van der Waals surface area contributed by atoms with Crippen molar-refractivity contribution in [2.24, 2.45) is 5.73 Å². The second-order valence-electron chi connectivity index (χ2n) is 2.76. The van der Waals surface area contributed by atoms with Gasteiger partial charge in [0.1, 0.15) is 5.82 Å². The Bertz CT molecular complexity index is 386. The van der Waals surface area contributed by atoms with Crippen LogP contribution in [0.25, 0.3) is 0 Å². The molecule has 0 atom stereocenters. The first-order valence-electron chi connectivity index (χ1n) is 4.23. The molecular formula is C8H13N3O2S. The molecule has 6 heteroatoms. The van der Waals surface area contributed by atoms with E-state index in [0.717, 1.165) is 5.56 Å². The van der Waals surface area contributed by atoms with Gasteiger partial charge in [0.25, 0.3) is 0 Å². The van der Waals surface area contributed by atoms with Gasteiger partial charge in [0.15, 0.2) is 0 Å². The quantitative estimate of drug-likeness (QED) is 0.756. The number of pyridine rings is 1. The lowest BCUT2D eigenvalue weighted by Crippen LogP contribution is -2.15. The number of hydrogen-bond donors (Lipinski definition) is 2. The smallest absolute Gasteiger partial charge is 0.233 e. The molecule has 0 aliphatic carbocycles. The first kappa shape index (κ1) is 10.9. The van der Waals surface area contributed by atoms with Crippen molar-refractivity contribution in [3.8, 4) is 0 Å². The number of hydrogen-bond acceptors (Lipinski definition) is 4. The highest BCUT2D eigenvalue weighted by Gasteiger charge is 2.06. The Balaban J connectivity index is 2.79. The normalized spacial score (nSPS) is 11.3. The van der Waals surface area contributed by atoms with E-state index in [4.69, 9.17) is 5.73 Å². The molecule has 14 heavy (non-hydrogen) atoms. The Kier molecular flexibility index (Phi) is 3.43. The summed E-state index contributed by atoms with van der Waals surface area (Å²) in [5, 5.41) is 0. The van der Waals surface area contributed by atoms with Gasteiger partial charge in [0, 0.05) is 12.7 Å². The highest BCUT2D eigenvalue weighted by atomic mass is 32.2. The number of aromatic nitrogens is 1. The fourth-order valence-electron chi connectivity index (χ4n) is 0.837. The Hall–Kier alpha value is -1.14. The molecular weight excluding hydrogens is 202 g/mol. The van der Waals surface area contributed by atoms with Gasteiger partial charge >= 0.3 is 0 Å². The molecule has 5 nitrogen and oxygen atoms in total. The predicted molar refractivity (Wildman–Crippen MR) is 55.2 cm³/mol. The molecule has 0 spiro atoms. The van der Waals surface area contributed by atoms with E-state index >= 15 is 0 Å². The average Bonchev–Trinajstić information content (AvgIpc) is 2.19. The summed E-state index contributed by atoms with van der Waals surface area (Å²) in [5.74, 6) is 0.358. The van der Waals surface area contributed by atoms with Crippen molar-refractivity contribution in [3.05, 3.63) is 23.9 Å². The van der Waals surface area contributed by atoms with E-state index in [1.807, 2.05) is 0 Å². The summed E-state index contributed by atoms with van der Waals surface area (Å²) in [4.78, 5) is 3.91. The van der Waals surface area contributed by atoms with Crippen molar-refractivity contribution in [1.29, 1.82) is 0 Å². The van der Waals surface area contributed by atoms with E-state index < -0.39 is 10.0 Å². The monoisotopic (exact) mass is 215 g/mol. The zero-order chi connectivity index (χ0) is 10.6. The maximum Gasteiger partial charge on any atom is 0.233 e. The third-order valence-corrected chi connectivity index (χ3v) is 2.98. The minimum atomic E-state index is -3.24. The topological polar surface area (TPSA) is 85.1 Å². The Morgan fingerprint density at radius 1 is 1.50 bits per heavy atom. The van der Waals surface area contributed by atoms with Crippen LogP contribution in [0.2, 0.25) is 0 Å². The van der Waals surface area contributed by atoms with Crippen molar-refractivity contribution in [2.45, 2.75) is 13.5 Å². The summed E-state index contributed by atoms with van der Waals surface area (Å²) in [6.07, 6.45) is 1.55. The molecule has 0 saturated heterocycles. The largest absolute Gasteiger partial charge is 0.326 e. The Labute approximate surface area is 83.4 Å². The summed E-state index contributed by atoms with van der Waals surface area (Å²) in [6, 6.07) is 3.33. The molecule has 3 N–H and O–H groups in total. The first-order valence-corrected chi connectivity index (χ1v) is 5.88. The number of nitrogens with zero attached hydrogens (tertiary/aromatic N) is 1. The molecule has 0 unspecified atom stereocenters. The summed E-state index contributed by atoms with van der Waals surface area (Å²) >= 11 is 0. The minimum Gasteiger partial charge on any atom is -0.326 e. The van der Waals surface area contributed by atoms with Gasteiger partial charge in [-0.25, -0.2) is 13.4 Å². The maximum atomic E-state index is 11.1. The molecule has 0 amide bonds. The lowest BCUT2D eigenvalue weighted by Gasteiger charge is -2.04. The summed E-state index contributed by atoms with van der Waals surface area (Å²) in [5.41, 5.74) is 6.24. The highest BCUT2D eigenvalue weighted by Crippen LogP contribution is 2.06. The number of anilines is 1. The van der Waals surface area contributed by atoms with Gasteiger partial charge in [-0.2, -0.15) is 0 Å². The number of sulfonamides is 1. The number of rotatable bonds is 4. The van der Waals surface area contributed by atoms with Crippen LogP contribution in [0.1, 0.15) is 12.5 Å². The zero-order valence-electron chi connectivity index (χ0n) is 7.90. The predicted octanol–water partition coefficient (Wildman–Crippen LogP) is 0.302. The van der Waals surface area contributed by atoms with Gasteiger partial charge in [-0.3, -0.25) is 4.72 Å². The summed E-state index contributed by atoms with van der Waals surface area (Å²) < 4.78 is 24.6. The van der Waals surface area contributed by atoms with Crippen LogP contribution >= 0.6 is 0 Å². The minimum absolute atomic E-state index is 0.0350.